The van der Waals surface area contributed by atoms with Gasteiger partial charge in [-0.05, 0) is 48.0 Å². The van der Waals surface area contributed by atoms with Crippen molar-refractivity contribution in [1.29, 1.82) is 0 Å². The van der Waals surface area contributed by atoms with Gasteiger partial charge in [-0.2, -0.15) is 0 Å². The van der Waals surface area contributed by atoms with Crippen molar-refractivity contribution in [1.82, 2.24) is 4.57 Å². The number of nitrogens with zero attached hydrogens (tertiary/aromatic N) is 3. The fourth-order valence-electron chi connectivity index (χ4n) is 3.26. The number of halogens is 1. The molecule has 1 aliphatic rings. The highest BCUT2D eigenvalue weighted by Gasteiger charge is 2.17. The molecule has 7 nitrogen and oxygen atoms in total. The molecule has 4 rings (SSSR count). The largest absolute Gasteiger partial charge is 0.493 e. The van der Waals surface area contributed by atoms with Crippen LogP contribution in [0.4, 0.5) is 10.1 Å². The summed E-state index contributed by atoms with van der Waals surface area (Å²) in [5.74, 6) is 1.21. The molecule has 0 saturated carbocycles. The lowest BCUT2D eigenvalue weighted by Crippen LogP contribution is -2.42. The average molecular weight is 429 g/mol. The standard InChI is InChI=1S/C21H20FN3O4S/c1-27-16-8-13(9-17(28-2)19(16)29-3)10-18-20(26)25-12-24(11-23-21(25)30-18)15-6-4-14(22)5-7-15/h4-10H,11-12H2,1-3H3. The normalized spacial score (nSPS) is 13.6. The fourth-order valence-corrected chi connectivity index (χ4v) is 4.23. The molecule has 0 radical (unpaired) electrons. The highest BCUT2D eigenvalue weighted by molar-refractivity contribution is 7.07. The van der Waals surface area contributed by atoms with E-state index in [0.717, 1.165) is 11.3 Å². The first-order valence-corrected chi connectivity index (χ1v) is 9.92. The summed E-state index contributed by atoms with van der Waals surface area (Å²) in [6.07, 6.45) is 1.78. The van der Waals surface area contributed by atoms with E-state index in [9.17, 15) is 9.18 Å². The van der Waals surface area contributed by atoms with Crippen molar-refractivity contribution < 1.29 is 18.6 Å². The maximum absolute atomic E-state index is 13.2. The predicted octanol–water partition coefficient (Wildman–Crippen LogP) is 1.96. The monoisotopic (exact) mass is 429 g/mol. The lowest BCUT2D eigenvalue weighted by molar-refractivity contribution is 0.324. The molecule has 0 N–H and O–H groups in total. The van der Waals surface area contributed by atoms with Crippen LogP contribution in [0.5, 0.6) is 17.2 Å². The van der Waals surface area contributed by atoms with Crippen molar-refractivity contribution in [3.63, 3.8) is 0 Å². The molecular weight excluding hydrogens is 409 g/mol. The molecule has 9 heteroatoms. The summed E-state index contributed by atoms with van der Waals surface area (Å²) in [6, 6.07) is 9.71. The molecule has 156 valence electrons. The van der Waals surface area contributed by atoms with Crippen LogP contribution in [-0.4, -0.2) is 32.6 Å². The molecule has 0 amide bonds. The fraction of sp³-hybridized carbons (Fsp3) is 0.238. The van der Waals surface area contributed by atoms with E-state index in [-0.39, 0.29) is 11.4 Å². The molecule has 0 saturated heterocycles. The van der Waals surface area contributed by atoms with Crippen molar-refractivity contribution in [3.05, 3.63) is 67.5 Å². The van der Waals surface area contributed by atoms with E-state index in [1.165, 1.54) is 30.6 Å². The first-order valence-electron chi connectivity index (χ1n) is 9.10. The Bertz CT molecular complexity index is 1230. The minimum Gasteiger partial charge on any atom is -0.493 e. The third kappa shape index (κ3) is 3.63. The number of hydrogen-bond acceptors (Lipinski definition) is 7. The van der Waals surface area contributed by atoms with E-state index in [0.29, 0.717) is 39.9 Å². The Morgan fingerprint density at radius 3 is 2.33 bits per heavy atom. The molecular formula is C21H20FN3O4S. The highest BCUT2D eigenvalue weighted by Crippen LogP contribution is 2.38. The second kappa shape index (κ2) is 8.19. The number of anilines is 1. The number of methoxy groups -OCH3 is 3. The Kier molecular flexibility index (Phi) is 5.45. The van der Waals surface area contributed by atoms with Crippen LogP contribution in [0.25, 0.3) is 6.08 Å². The van der Waals surface area contributed by atoms with Crippen molar-refractivity contribution in [3.8, 4) is 17.2 Å². The molecule has 0 atom stereocenters. The Balaban J connectivity index is 1.73. The van der Waals surface area contributed by atoms with Gasteiger partial charge in [0.1, 0.15) is 19.2 Å². The number of thiazole rings is 1. The van der Waals surface area contributed by atoms with Crippen LogP contribution in [0.3, 0.4) is 0 Å². The summed E-state index contributed by atoms with van der Waals surface area (Å²) in [4.78, 5) is 20.1. The first-order chi connectivity index (χ1) is 14.5. The van der Waals surface area contributed by atoms with Gasteiger partial charge >= 0.3 is 0 Å². The van der Waals surface area contributed by atoms with Crippen molar-refractivity contribution >= 4 is 23.1 Å². The quantitative estimate of drug-likeness (QED) is 0.621. The summed E-state index contributed by atoms with van der Waals surface area (Å²) < 4.78 is 31.5. The van der Waals surface area contributed by atoms with E-state index in [1.54, 1.807) is 49.1 Å². The molecule has 0 fully saturated rings. The molecule has 30 heavy (non-hydrogen) atoms. The van der Waals surface area contributed by atoms with Crippen LogP contribution in [0, 0.1) is 5.82 Å². The second-order valence-electron chi connectivity index (χ2n) is 6.54. The van der Waals surface area contributed by atoms with E-state index in [2.05, 4.69) is 4.99 Å². The van der Waals surface area contributed by atoms with E-state index >= 15 is 0 Å². The number of rotatable bonds is 5. The minimum atomic E-state index is -0.302. The van der Waals surface area contributed by atoms with Gasteiger partial charge < -0.3 is 19.1 Å². The molecule has 0 bridgehead atoms. The summed E-state index contributed by atoms with van der Waals surface area (Å²) >= 11 is 1.32. The zero-order chi connectivity index (χ0) is 21.3. The van der Waals surface area contributed by atoms with E-state index < -0.39 is 0 Å². The van der Waals surface area contributed by atoms with Gasteiger partial charge in [0.2, 0.25) is 5.75 Å². The minimum absolute atomic E-state index is 0.140. The highest BCUT2D eigenvalue weighted by atomic mass is 32.1. The zero-order valence-electron chi connectivity index (χ0n) is 16.7. The lowest BCUT2D eigenvalue weighted by atomic mass is 10.1. The van der Waals surface area contributed by atoms with Crippen LogP contribution < -0.4 is 34.0 Å². The SMILES string of the molecule is COc1cc(C=c2sc3n(c2=O)CN(c2ccc(F)cc2)CN=3)cc(OC)c1OC. The van der Waals surface area contributed by atoms with Crippen LogP contribution in [0.15, 0.2) is 46.2 Å². The third-order valence-corrected chi connectivity index (χ3v) is 5.80. The molecule has 2 heterocycles. The van der Waals surface area contributed by atoms with Crippen LogP contribution in [0.2, 0.25) is 0 Å². The Labute approximate surface area is 175 Å². The van der Waals surface area contributed by atoms with Gasteiger partial charge in [0, 0.05) is 5.69 Å². The molecule has 1 aromatic heterocycles. The third-order valence-electron chi connectivity index (χ3n) is 4.75. The van der Waals surface area contributed by atoms with Gasteiger partial charge in [0.15, 0.2) is 16.3 Å². The molecule has 3 aromatic rings. The molecule has 0 aliphatic carbocycles. The van der Waals surface area contributed by atoms with E-state index in [1.807, 2.05) is 4.90 Å². The summed E-state index contributed by atoms with van der Waals surface area (Å²) in [7, 11) is 4.63. The Morgan fingerprint density at radius 2 is 1.73 bits per heavy atom. The Hall–Kier alpha value is -3.33. The maximum Gasteiger partial charge on any atom is 0.271 e. The predicted molar refractivity (Wildman–Crippen MR) is 113 cm³/mol. The van der Waals surface area contributed by atoms with E-state index in [4.69, 9.17) is 14.2 Å². The summed E-state index contributed by atoms with van der Waals surface area (Å²) in [5.41, 5.74) is 1.41. The molecule has 2 aromatic carbocycles. The molecule has 0 spiro atoms. The van der Waals surface area contributed by atoms with Gasteiger partial charge in [-0.15, -0.1) is 0 Å². The smallest absolute Gasteiger partial charge is 0.271 e. The number of benzene rings is 2. The van der Waals surface area contributed by atoms with Gasteiger partial charge in [-0.1, -0.05) is 11.3 Å². The van der Waals surface area contributed by atoms with Crippen LogP contribution in [-0.2, 0) is 6.67 Å². The van der Waals surface area contributed by atoms with Crippen molar-refractivity contribution in [2.45, 2.75) is 6.67 Å². The maximum atomic E-state index is 13.2. The first kappa shape index (κ1) is 20.0. The van der Waals surface area contributed by atoms with Crippen LogP contribution in [0.1, 0.15) is 5.56 Å². The van der Waals surface area contributed by atoms with Gasteiger partial charge in [-0.25, -0.2) is 9.38 Å². The van der Waals surface area contributed by atoms with Gasteiger partial charge in [-0.3, -0.25) is 9.36 Å². The van der Waals surface area contributed by atoms with Gasteiger partial charge in [0.25, 0.3) is 5.56 Å². The van der Waals surface area contributed by atoms with Gasteiger partial charge in [0.05, 0.1) is 25.9 Å². The van der Waals surface area contributed by atoms with Crippen molar-refractivity contribution in [2.24, 2.45) is 4.99 Å². The van der Waals surface area contributed by atoms with Crippen molar-refractivity contribution in [2.75, 3.05) is 32.9 Å². The average Bonchev–Trinajstić information content (AvgIpc) is 3.08. The summed E-state index contributed by atoms with van der Waals surface area (Å²) in [5, 5.41) is 0. The van der Waals surface area contributed by atoms with Crippen LogP contribution >= 0.6 is 11.3 Å². The molecule has 0 unspecified atom stereocenters. The topological polar surface area (TPSA) is 65.3 Å². The Morgan fingerprint density at radius 1 is 1.07 bits per heavy atom. The number of ether oxygens (including phenoxy) is 3. The summed E-state index contributed by atoms with van der Waals surface area (Å²) in [6.45, 7) is 0.748. The number of hydrogen-bond donors (Lipinski definition) is 0. The second-order valence-corrected chi connectivity index (χ2v) is 7.55. The lowest BCUT2D eigenvalue weighted by Gasteiger charge is -2.25. The number of fused-ring (bicyclic) bond motifs is 1. The zero-order valence-corrected chi connectivity index (χ0v) is 17.5. The number of aromatic nitrogens is 1. The molecule has 1 aliphatic heterocycles.